The monoisotopic (exact) mass is 363 g/mol. The molecule has 1 atom stereocenters. The quantitative estimate of drug-likeness (QED) is 0.835. The van der Waals surface area contributed by atoms with Gasteiger partial charge in [-0.25, -0.2) is 0 Å². The summed E-state index contributed by atoms with van der Waals surface area (Å²) >= 11 is 0. The molecule has 1 aliphatic heterocycles. The number of hydrogen-bond donors (Lipinski definition) is 0. The second-order valence-corrected chi connectivity index (χ2v) is 7.34. The van der Waals surface area contributed by atoms with Crippen molar-refractivity contribution in [1.82, 2.24) is 15.1 Å². The van der Waals surface area contributed by atoms with Crippen LogP contribution in [0.5, 0.6) is 0 Å². The van der Waals surface area contributed by atoms with E-state index in [-0.39, 0.29) is 11.9 Å². The van der Waals surface area contributed by atoms with E-state index in [2.05, 4.69) is 60.1 Å². The maximum Gasteiger partial charge on any atom is 0.227 e. The first kappa shape index (κ1) is 18.8. The molecule has 1 aromatic carbocycles. The first-order valence-electron chi connectivity index (χ1n) is 9.35. The molecule has 27 heavy (non-hydrogen) atoms. The molecule has 2 heterocycles. The summed E-state index contributed by atoms with van der Waals surface area (Å²) in [5.41, 5.74) is 2.65. The van der Waals surface area contributed by atoms with Crippen molar-refractivity contribution in [2.75, 3.05) is 24.5 Å². The van der Waals surface area contributed by atoms with Gasteiger partial charge in [0.1, 0.15) is 6.07 Å². The molecule has 1 saturated heterocycles. The van der Waals surface area contributed by atoms with Crippen molar-refractivity contribution in [2.45, 2.75) is 39.2 Å². The molecule has 1 fully saturated rings. The Morgan fingerprint density at radius 3 is 2.48 bits per heavy atom. The molecule has 0 bridgehead atoms. The normalized spacial score (nSPS) is 17.1. The highest BCUT2D eigenvalue weighted by molar-refractivity contribution is 5.79. The number of piperazine rings is 1. The first-order chi connectivity index (χ1) is 13.0. The van der Waals surface area contributed by atoms with E-state index in [0.29, 0.717) is 37.7 Å². The molecule has 1 amide bonds. The third kappa shape index (κ3) is 4.43. The molecule has 0 radical (unpaired) electrons. The summed E-state index contributed by atoms with van der Waals surface area (Å²) < 4.78 is 0. The van der Waals surface area contributed by atoms with Crippen molar-refractivity contribution in [2.24, 2.45) is 0 Å². The largest absolute Gasteiger partial charge is 0.351 e. The molecule has 0 saturated carbocycles. The van der Waals surface area contributed by atoms with Gasteiger partial charge in [-0.1, -0.05) is 38.1 Å². The van der Waals surface area contributed by atoms with Gasteiger partial charge in [-0.2, -0.15) is 5.26 Å². The van der Waals surface area contributed by atoms with Crippen LogP contribution in [0.4, 0.5) is 5.82 Å². The zero-order chi connectivity index (χ0) is 19.4. The van der Waals surface area contributed by atoms with Crippen molar-refractivity contribution >= 4 is 11.7 Å². The molecule has 6 nitrogen and oxygen atoms in total. The summed E-state index contributed by atoms with van der Waals surface area (Å²) in [6, 6.07) is 13.9. The van der Waals surface area contributed by atoms with Crippen molar-refractivity contribution in [3.63, 3.8) is 0 Å². The predicted molar refractivity (Wildman–Crippen MR) is 104 cm³/mol. The lowest BCUT2D eigenvalue weighted by Gasteiger charge is -2.40. The fourth-order valence-corrected chi connectivity index (χ4v) is 3.39. The van der Waals surface area contributed by atoms with E-state index < -0.39 is 0 Å². The number of hydrogen-bond acceptors (Lipinski definition) is 5. The predicted octanol–water partition coefficient (Wildman–Crippen LogP) is 2.75. The summed E-state index contributed by atoms with van der Waals surface area (Å²) in [5, 5.41) is 16.8. The highest BCUT2D eigenvalue weighted by Gasteiger charge is 2.28. The minimum atomic E-state index is 0.0960. The minimum Gasteiger partial charge on any atom is -0.351 e. The van der Waals surface area contributed by atoms with E-state index in [9.17, 15) is 4.79 Å². The van der Waals surface area contributed by atoms with Crippen LogP contribution in [-0.4, -0.2) is 46.7 Å². The van der Waals surface area contributed by atoms with Crippen LogP contribution in [0.25, 0.3) is 0 Å². The molecule has 6 heteroatoms. The van der Waals surface area contributed by atoms with Crippen LogP contribution >= 0.6 is 0 Å². The Hall–Kier alpha value is -2.94. The van der Waals surface area contributed by atoms with E-state index in [0.717, 1.165) is 11.4 Å². The molecular weight excluding hydrogens is 338 g/mol. The van der Waals surface area contributed by atoms with Crippen LogP contribution in [0.3, 0.4) is 0 Å². The Morgan fingerprint density at radius 1 is 1.19 bits per heavy atom. The van der Waals surface area contributed by atoms with Crippen LogP contribution in [0.1, 0.15) is 43.5 Å². The van der Waals surface area contributed by atoms with Crippen molar-refractivity contribution in [1.29, 1.82) is 5.26 Å². The zero-order valence-corrected chi connectivity index (χ0v) is 16.1. The van der Waals surface area contributed by atoms with Gasteiger partial charge in [0.25, 0.3) is 0 Å². The van der Waals surface area contributed by atoms with Gasteiger partial charge in [0, 0.05) is 25.7 Å². The lowest BCUT2D eigenvalue weighted by Crippen LogP contribution is -2.54. The van der Waals surface area contributed by atoms with Gasteiger partial charge < -0.3 is 9.80 Å². The number of aromatic nitrogens is 2. The van der Waals surface area contributed by atoms with Crippen molar-refractivity contribution in [3.05, 3.63) is 53.2 Å². The van der Waals surface area contributed by atoms with Crippen LogP contribution in [0.15, 0.2) is 36.4 Å². The summed E-state index contributed by atoms with van der Waals surface area (Å²) in [4.78, 5) is 16.8. The van der Waals surface area contributed by atoms with E-state index >= 15 is 0 Å². The third-order valence-electron chi connectivity index (χ3n) is 5.04. The number of carbonyl (C=O) groups excluding carboxylic acids is 1. The van der Waals surface area contributed by atoms with Crippen LogP contribution in [0, 0.1) is 11.3 Å². The summed E-state index contributed by atoms with van der Waals surface area (Å²) in [7, 11) is 0. The highest BCUT2D eigenvalue weighted by Crippen LogP contribution is 2.19. The van der Waals surface area contributed by atoms with Crippen molar-refractivity contribution < 1.29 is 4.79 Å². The molecule has 0 unspecified atom stereocenters. The number of nitrogens with zero attached hydrogens (tertiary/aromatic N) is 5. The van der Waals surface area contributed by atoms with Gasteiger partial charge in [-0.05, 0) is 36.1 Å². The Bertz CT molecular complexity index is 823. The van der Waals surface area contributed by atoms with E-state index in [1.807, 2.05) is 17.0 Å². The van der Waals surface area contributed by atoms with Gasteiger partial charge in [-0.15, -0.1) is 10.2 Å². The Labute approximate surface area is 160 Å². The minimum absolute atomic E-state index is 0.0960. The third-order valence-corrected chi connectivity index (χ3v) is 5.04. The Kier molecular flexibility index (Phi) is 5.70. The summed E-state index contributed by atoms with van der Waals surface area (Å²) in [6.07, 6.45) is 0.430. The van der Waals surface area contributed by atoms with E-state index in [4.69, 9.17) is 5.26 Å². The van der Waals surface area contributed by atoms with Gasteiger partial charge in [0.2, 0.25) is 5.91 Å². The van der Waals surface area contributed by atoms with Gasteiger partial charge >= 0.3 is 0 Å². The average Bonchev–Trinajstić information content (AvgIpc) is 2.68. The number of anilines is 1. The Balaban J connectivity index is 1.60. The standard InChI is InChI=1S/C21H25N5O/c1-15(2)18-6-4-17(5-7-18)12-21(27)26-11-10-25(14-16(26)3)20-9-8-19(13-22)23-24-20/h4-9,15-16H,10-12,14H2,1-3H3/t16-/m0/s1. The van der Waals surface area contributed by atoms with Crippen LogP contribution in [-0.2, 0) is 11.2 Å². The summed E-state index contributed by atoms with van der Waals surface area (Å²) in [6.45, 7) is 8.47. The average molecular weight is 363 g/mol. The maximum atomic E-state index is 12.8. The van der Waals surface area contributed by atoms with Crippen LogP contribution < -0.4 is 4.90 Å². The number of nitriles is 1. The smallest absolute Gasteiger partial charge is 0.227 e. The molecule has 0 aliphatic carbocycles. The molecule has 0 N–H and O–H groups in total. The number of rotatable bonds is 4. The second-order valence-electron chi connectivity index (χ2n) is 7.34. The van der Waals surface area contributed by atoms with Gasteiger partial charge in [0.05, 0.1) is 6.42 Å². The van der Waals surface area contributed by atoms with Gasteiger partial charge in [-0.3, -0.25) is 4.79 Å². The fraction of sp³-hybridized carbons (Fsp3) is 0.429. The molecule has 0 spiro atoms. The fourth-order valence-electron chi connectivity index (χ4n) is 3.39. The molecule has 3 rings (SSSR count). The van der Waals surface area contributed by atoms with E-state index in [1.54, 1.807) is 6.07 Å². The summed E-state index contributed by atoms with van der Waals surface area (Å²) in [5.74, 6) is 1.40. The van der Waals surface area contributed by atoms with Crippen LogP contribution in [0.2, 0.25) is 0 Å². The highest BCUT2D eigenvalue weighted by atomic mass is 16.2. The zero-order valence-electron chi connectivity index (χ0n) is 16.1. The second kappa shape index (κ2) is 8.17. The maximum absolute atomic E-state index is 12.8. The number of carbonyl (C=O) groups is 1. The first-order valence-corrected chi connectivity index (χ1v) is 9.35. The molecule has 140 valence electrons. The topological polar surface area (TPSA) is 73.1 Å². The van der Waals surface area contributed by atoms with Gasteiger partial charge in [0.15, 0.2) is 11.5 Å². The lowest BCUT2D eigenvalue weighted by atomic mass is 10.0. The number of benzene rings is 1. The van der Waals surface area contributed by atoms with Crippen molar-refractivity contribution in [3.8, 4) is 6.07 Å². The molecule has 1 aliphatic rings. The Morgan fingerprint density at radius 2 is 1.93 bits per heavy atom. The molecule has 1 aromatic heterocycles. The van der Waals surface area contributed by atoms with E-state index in [1.165, 1.54) is 5.56 Å². The number of amides is 1. The lowest BCUT2D eigenvalue weighted by molar-refractivity contribution is -0.132. The molecule has 2 aromatic rings. The molecular formula is C21H25N5O. The SMILES string of the molecule is CC(C)c1ccc(CC(=O)N2CCN(c3ccc(C#N)nn3)C[C@@H]2C)cc1.